The fraction of sp³-hybridized carbons (Fsp3) is 0.643. The lowest BCUT2D eigenvalue weighted by Crippen LogP contribution is -2.52. The Morgan fingerprint density at radius 1 is 1.43 bits per heavy atom. The number of nitrogens with two attached hydrogens (primary N) is 1. The van der Waals surface area contributed by atoms with E-state index in [0.717, 1.165) is 13.1 Å². The van der Waals surface area contributed by atoms with Gasteiger partial charge in [-0.05, 0) is 20.8 Å². The van der Waals surface area contributed by atoms with Crippen molar-refractivity contribution in [3.8, 4) is 0 Å². The summed E-state index contributed by atoms with van der Waals surface area (Å²) >= 11 is 0. The number of anilines is 1. The Hall–Kier alpha value is -1.73. The minimum absolute atomic E-state index is 0.149. The Balaban J connectivity index is 1.87. The third-order valence-corrected chi connectivity index (χ3v) is 3.57. The lowest BCUT2D eigenvalue weighted by atomic mass is 10.1. The van der Waals surface area contributed by atoms with Crippen LogP contribution in [0, 0.1) is 0 Å². The summed E-state index contributed by atoms with van der Waals surface area (Å²) in [4.78, 5) is 22.2. The lowest BCUT2D eigenvalue weighted by Gasteiger charge is -2.38. The fourth-order valence-electron chi connectivity index (χ4n) is 2.55. The molecule has 0 spiro atoms. The molecule has 0 saturated carbocycles. The maximum Gasteiger partial charge on any atom is 0.273 e. The maximum absolute atomic E-state index is 12.0. The number of hydrogen-bond donors (Lipinski definition) is 2. The fourth-order valence-corrected chi connectivity index (χ4v) is 2.55. The van der Waals surface area contributed by atoms with Crippen molar-refractivity contribution in [1.82, 2.24) is 20.2 Å². The molecule has 0 aliphatic carbocycles. The largest absolute Gasteiger partial charge is 0.382 e. The SMILES string of the molecule is CC1CN(C(C)CNC(=O)c2nccnc2N)CC(C)O1. The van der Waals surface area contributed by atoms with E-state index in [4.69, 9.17) is 10.5 Å². The summed E-state index contributed by atoms with van der Waals surface area (Å²) in [6.45, 7) is 8.49. The summed E-state index contributed by atoms with van der Waals surface area (Å²) in [6.07, 6.45) is 3.34. The summed E-state index contributed by atoms with van der Waals surface area (Å²) in [7, 11) is 0. The summed E-state index contributed by atoms with van der Waals surface area (Å²) in [5.74, 6) is -0.141. The number of rotatable bonds is 4. The minimum atomic E-state index is -0.290. The van der Waals surface area contributed by atoms with Crippen LogP contribution in [-0.4, -0.2) is 58.7 Å². The Morgan fingerprint density at radius 2 is 2.05 bits per heavy atom. The highest BCUT2D eigenvalue weighted by atomic mass is 16.5. The molecular weight excluding hydrogens is 270 g/mol. The number of amides is 1. The molecule has 3 atom stereocenters. The monoisotopic (exact) mass is 293 g/mol. The van der Waals surface area contributed by atoms with E-state index in [1.54, 1.807) is 0 Å². The topological polar surface area (TPSA) is 93.4 Å². The van der Waals surface area contributed by atoms with Crippen LogP contribution < -0.4 is 11.1 Å². The van der Waals surface area contributed by atoms with Crippen molar-refractivity contribution in [2.75, 3.05) is 25.4 Å². The summed E-state index contributed by atoms with van der Waals surface area (Å²) in [5, 5.41) is 2.86. The molecule has 2 heterocycles. The van der Waals surface area contributed by atoms with Crippen molar-refractivity contribution in [3.63, 3.8) is 0 Å². The van der Waals surface area contributed by atoms with Crippen molar-refractivity contribution < 1.29 is 9.53 Å². The first-order valence-corrected chi connectivity index (χ1v) is 7.21. The molecule has 0 aromatic carbocycles. The molecule has 3 unspecified atom stereocenters. The van der Waals surface area contributed by atoms with Crippen LogP contribution in [0.4, 0.5) is 5.82 Å². The Kier molecular flexibility index (Phi) is 5.08. The molecular formula is C14H23N5O2. The number of hydrogen-bond acceptors (Lipinski definition) is 6. The van der Waals surface area contributed by atoms with Crippen LogP contribution in [0.1, 0.15) is 31.3 Å². The van der Waals surface area contributed by atoms with Gasteiger partial charge in [-0.2, -0.15) is 0 Å². The van der Waals surface area contributed by atoms with E-state index in [2.05, 4.69) is 41.0 Å². The second-order valence-electron chi connectivity index (χ2n) is 5.56. The van der Waals surface area contributed by atoms with E-state index in [1.165, 1.54) is 12.4 Å². The molecule has 2 rings (SSSR count). The zero-order chi connectivity index (χ0) is 15.4. The number of nitrogens with one attached hydrogen (secondary N) is 1. The molecule has 1 aromatic rings. The predicted octanol–water partition coefficient (Wildman–Crippen LogP) is 0.286. The van der Waals surface area contributed by atoms with Gasteiger partial charge in [-0.3, -0.25) is 9.69 Å². The molecule has 1 fully saturated rings. The molecule has 1 amide bonds. The Morgan fingerprint density at radius 3 is 2.67 bits per heavy atom. The zero-order valence-electron chi connectivity index (χ0n) is 12.7. The lowest BCUT2D eigenvalue weighted by molar-refractivity contribution is -0.0778. The molecule has 1 saturated heterocycles. The van der Waals surface area contributed by atoms with Crippen LogP contribution in [0.3, 0.4) is 0 Å². The molecule has 116 valence electrons. The van der Waals surface area contributed by atoms with Gasteiger partial charge in [-0.15, -0.1) is 0 Å². The summed E-state index contributed by atoms with van der Waals surface area (Å²) in [6, 6.07) is 0.223. The number of carbonyl (C=O) groups excluding carboxylic acids is 1. The number of aromatic nitrogens is 2. The third-order valence-electron chi connectivity index (χ3n) is 3.57. The van der Waals surface area contributed by atoms with Gasteiger partial charge in [0, 0.05) is 38.1 Å². The average molecular weight is 293 g/mol. The van der Waals surface area contributed by atoms with Gasteiger partial charge in [0.25, 0.3) is 5.91 Å². The van der Waals surface area contributed by atoms with E-state index in [1.807, 2.05) is 0 Å². The quantitative estimate of drug-likeness (QED) is 0.828. The molecule has 0 bridgehead atoms. The number of carbonyl (C=O) groups is 1. The predicted molar refractivity (Wildman–Crippen MR) is 79.8 cm³/mol. The molecule has 0 radical (unpaired) electrons. The Labute approximate surface area is 124 Å². The zero-order valence-corrected chi connectivity index (χ0v) is 12.7. The van der Waals surface area contributed by atoms with E-state index < -0.39 is 0 Å². The first-order chi connectivity index (χ1) is 9.97. The molecule has 1 aromatic heterocycles. The number of nitrogen functional groups attached to an aromatic ring is 1. The van der Waals surface area contributed by atoms with Crippen LogP contribution in [0.2, 0.25) is 0 Å². The van der Waals surface area contributed by atoms with Crippen molar-refractivity contribution in [1.29, 1.82) is 0 Å². The molecule has 3 N–H and O–H groups in total. The summed E-state index contributed by atoms with van der Waals surface area (Å²) < 4.78 is 5.71. The van der Waals surface area contributed by atoms with Crippen LogP contribution in [0.25, 0.3) is 0 Å². The first kappa shape index (κ1) is 15.7. The molecule has 7 heteroatoms. The van der Waals surface area contributed by atoms with Gasteiger partial charge in [-0.1, -0.05) is 0 Å². The first-order valence-electron chi connectivity index (χ1n) is 7.21. The van der Waals surface area contributed by atoms with Gasteiger partial charge in [0.1, 0.15) is 0 Å². The van der Waals surface area contributed by atoms with Crippen molar-refractivity contribution in [2.45, 2.75) is 39.0 Å². The van der Waals surface area contributed by atoms with E-state index in [0.29, 0.717) is 6.54 Å². The third kappa shape index (κ3) is 4.12. The number of morpholine rings is 1. The van der Waals surface area contributed by atoms with Crippen LogP contribution in [-0.2, 0) is 4.74 Å². The minimum Gasteiger partial charge on any atom is -0.382 e. The molecule has 7 nitrogen and oxygen atoms in total. The number of ether oxygens (including phenoxy) is 1. The molecule has 1 aliphatic rings. The van der Waals surface area contributed by atoms with Crippen molar-refractivity contribution in [3.05, 3.63) is 18.1 Å². The standard InChI is InChI=1S/C14H23N5O2/c1-9(19-7-10(2)21-11(3)8-19)6-18-14(20)12-13(15)17-5-4-16-12/h4-5,9-11H,6-8H2,1-3H3,(H2,15,17)(H,18,20). The smallest absolute Gasteiger partial charge is 0.273 e. The van der Waals surface area contributed by atoms with Crippen molar-refractivity contribution in [2.24, 2.45) is 0 Å². The second kappa shape index (κ2) is 6.82. The van der Waals surface area contributed by atoms with Gasteiger partial charge in [0.05, 0.1) is 12.2 Å². The van der Waals surface area contributed by atoms with E-state index >= 15 is 0 Å². The van der Waals surface area contributed by atoms with Crippen molar-refractivity contribution >= 4 is 11.7 Å². The van der Waals surface area contributed by atoms with Crippen LogP contribution >= 0.6 is 0 Å². The normalized spacial score (nSPS) is 24.5. The number of nitrogens with zero attached hydrogens (tertiary/aromatic N) is 3. The molecule has 1 aliphatic heterocycles. The Bertz CT molecular complexity index is 486. The average Bonchev–Trinajstić information content (AvgIpc) is 2.43. The van der Waals surface area contributed by atoms with Crippen LogP contribution in [0.5, 0.6) is 0 Å². The van der Waals surface area contributed by atoms with Crippen LogP contribution in [0.15, 0.2) is 12.4 Å². The highest BCUT2D eigenvalue weighted by Gasteiger charge is 2.26. The van der Waals surface area contributed by atoms with E-state index in [-0.39, 0.29) is 35.7 Å². The highest BCUT2D eigenvalue weighted by Crippen LogP contribution is 2.13. The van der Waals surface area contributed by atoms with Gasteiger partial charge < -0.3 is 15.8 Å². The van der Waals surface area contributed by atoms with E-state index in [9.17, 15) is 4.79 Å². The highest BCUT2D eigenvalue weighted by molar-refractivity contribution is 5.96. The summed E-state index contributed by atoms with van der Waals surface area (Å²) in [5.41, 5.74) is 5.82. The second-order valence-corrected chi connectivity index (χ2v) is 5.56. The van der Waals surface area contributed by atoms with Gasteiger partial charge in [-0.25, -0.2) is 9.97 Å². The van der Waals surface area contributed by atoms with Gasteiger partial charge >= 0.3 is 0 Å². The molecule has 21 heavy (non-hydrogen) atoms. The van der Waals surface area contributed by atoms with Gasteiger partial charge in [0.2, 0.25) is 0 Å². The maximum atomic E-state index is 12.0. The van der Waals surface area contributed by atoms with Gasteiger partial charge in [0.15, 0.2) is 11.5 Å².